The highest BCUT2D eigenvalue weighted by Crippen LogP contribution is 2.27. The number of carbonyl (C=O) groups is 2. The largest absolute Gasteiger partial charge is 0.489 e. The Hall–Kier alpha value is -3.72. The number of rotatable bonds is 6. The fourth-order valence-corrected chi connectivity index (χ4v) is 3.16. The lowest BCUT2D eigenvalue weighted by molar-refractivity contribution is -0.140. The van der Waals surface area contributed by atoms with Gasteiger partial charge in [-0.2, -0.15) is 5.26 Å². The van der Waals surface area contributed by atoms with Crippen LogP contribution in [0, 0.1) is 17.1 Å². The van der Waals surface area contributed by atoms with E-state index >= 15 is 0 Å². The summed E-state index contributed by atoms with van der Waals surface area (Å²) in [4.78, 5) is 26.3. The first-order valence-corrected chi connectivity index (χ1v) is 9.61. The standard InChI is InChI=1S/C24H21FN2O3/c1-3-12-27-23(28)20(16(2)21(14-26)24(27)29)13-17-8-10-19(11-9-17)30-15-18-6-4-5-7-22(18)25/h4-11,13H,3,12,15H2,1-2H3/b20-13+. The highest BCUT2D eigenvalue weighted by molar-refractivity contribution is 6.19. The van der Waals surface area contributed by atoms with E-state index in [9.17, 15) is 19.2 Å². The van der Waals surface area contributed by atoms with Crippen LogP contribution in [0.1, 0.15) is 31.4 Å². The predicted octanol–water partition coefficient (Wildman–Crippen LogP) is 4.41. The maximum Gasteiger partial charge on any atom is 0.271 e. The molecule has 0 saturated carbocycles. The summed E-state index contributed by atoms with van der Waals surface area (Å²) in [6.45, 7) is 3.83. The summed E-state index contributed by atoms with van der Waals surface area (Å²) < 4.78 is 19.3. The summed E-state index contributed by atoms with van der Waals surface area (Å²) >= 11 is 0. The average Bonchev–Trinajstić information content (AvgIpc) is 2.75. The smallest absolute Gasteiger partial charge is 0.271 e. The molecule has 1 heterocycles. The zero-order valence-electron chi connectivity index (χ0n) is 16.8. The molecule has 6 heteroatoms. The van der Waals surface area contributed by atoms with E-state index in [2.05, 4.69) is 0 Å². The van der Waals surface area contributed by atoms with Gasteiger partial charge in [-0.3, -0.25) is 14.5 Å². The number of amides is 2. The SMILES string of the molecule is CCCN1C(=O)C(C#N)=C(C)/C(=C\c2ccc(OCc3ccccc3F)cc2)C1=O. The van der Waals surface area contributed by atoms with Crippen molar-refractivity contribution >= 4 is 17.9 Å². The predicted molar refractivity (Wildman–Crippen MR) is 110 cm³/mol. The van der Waals surface area contributed by atoms with Crippen LogP contribution in [-0.2, 0) is 16.2 Å². The summed E-state index contributed by atoms with van der Waals surface area (Å²) in [5.74, 6) is -0.714. The minimum atomic E-state index is -0.545. The Bertz CT molecular complexity index is 1080. The van der Waals surface area contributed by atoms with Crippen molar-refractivity contribution in [1.29, 1.82) is 5.26 Å². The van der Waals surface area contributed by atoms with Crippen LogP contribution < -0.4 is 4.74 Å². The number of benzene rings is 2. The Morgan fingerprint density at radius 2 is 1.80 bits per heavy atom. The van der Waals surface area contributed by atoms with Crippen LogP contribution in [0.3, 0.4) is 0 Å². The number of hydrogen-bond donors (Lipinski definition) is 0. The topological polar surface area (TPSA) is 70.4 Å². The molecule has 5 nitrogen and oxygen atoms in total. The Balaban J connectivity index is 1.82. The van der Waals surface area contributed by atoms with Crippen LogP contribution >= 0.6 is 0 Å². The third-order valence-corrected chi connectivity index (χ3v) is 4.82. The van der Waals surface area contributed by atoms with Crippen LogP contribution in [0.2, 0.25) is 0 Å². The molecule has 30 heavy (non-hydrogen) atoms. The number of imide groups is 1. The first-order chi connectivity index (χ1) is 14.5. The third-order valence-electron chi connectivity index (χ3n) is 4.82. The zero-order chi connectivity index (χ0) is 21.7. The molecule has 0 unspecified atom stereocenters. The van der Waals surface area contributed by atoms with Crippen molar-refractivity contribution < 1.29 is 18.7 Å². The fraction of sp³-hybridized carbons (Fsp3) is 0.208. The average molecular weight is 404 g/mol. The number of carbonyl (C=O) groups excluding carboxylic acids is 2. The molecule has 0 aromatic heterocycles. The summed E-state index contributed by atoms with van der Waals surface area (Å²) in [5.41, 5.74) is 1.86. The second-order valence-electron chi connectivity index (χ2n) is 6.88. The molecule has 0 bridgehead atoms. The first kappa shape index (κ1) is 21.0. The van der Waals surface area contributed by atoms with E-state index in [0.29, 0.717) is 28.9 Å². The van der Waals surface area contributed by atoms with Crippen molar-refractivity contribution in [3.63, 3.8) is 0 Å². The van der Waals surface area contributed by atoms with Gasteiger partial charge in [-0.1, -0.05) is 37.3 Å². The number of nitriles is 1. The summed E-state index contributed by atoms with van der Waals surface area (Å²) in [7, 11) is 0. The molecule has 0 spiro atoms. The van der Waals surface area contributed by atoms with Gasteiger partial charge in [-0.15, -0.1) is 0 Å². The number of nitrogens with zero attached hydrogens (tertiary/aromatic N) is 2. The lowest BCUT2D eigenvalue weighted by Gasteiger charge is -2.27. The molecule has 0 N–H and O–H groups in total. The Morgan fingerprint density at radius 1 is 1.10 bits per heavy atom. The molecule has 3 rings (SSSR count). The normalized spacial score (nSPS) is 15.5. The van der Waals surface area contributed by atoms with Gasteiger partial charge in [0.15, 0.2) is 0 Å². The third kappa shape index (κ3) is 4.31. The van der Waals surface area contributed by atoms with E-state index in [1.165, 1.54) is 6.07 Å². The fourth-order valence-electron chi connectivity index (χ4n) is 3.16. The van der Waals surface area contributed by atoms with Gasteiger partial charge in [-0.25, -0.2) is 4.39 Å². The number of ether oxygens (including phenoxy) is 1. The molecule has 0 radical (unpaired) electrons. The zero-order valence-corrected chi connectivity index (χ0v) is 16.8. The quantitative estimate of drug-likeness (QED) is 0.528. The maximum absolute atomic E-state index is 13.7. The van der Waals surface area contributed by atoms with Crippen LogP contribution in [0.25, 0.3) is 6.08 Å². The Kier molecular flexibility index (Phi) is 6.43. The molecule has 1 aliphatic rings. The van der Waals surface area contributed by atoms with Crippen molar-refractivity contribution in [2.45, 2.75) is 26.9 Å². The molecule has 2 aromatic carbocycles. The van der Waals surface area contributed by atoms with Crippen LogP contribution in [0.5, 0.6) is 5.75 Å². The lowest BCUT2D eigenvalue weighted by Crippen LogP contribution is -2.43. The van der Waals surface area contributed by atoms with Gasteiger partial charge >= 0.3 is 0 Å². The molecule has 0 fully saturated rings. The van der Waals surface area contributed by atoms with Crippen molar-refractivity contribution in [2.75, 3.05) is 6.54 Å². The van der Waals surface area contributed by atoms with Gasteiger partial charge < -0.3 is 4.74 Å². The van der Waals surface area contributed by atoms with E-state index < -0.39 is 11.8 Å². The van der Waals surface area contributed by atoms with E-state index in [1.807, 2.05) is 13.0 Å². The van der Waals surface area contributed by atoms with Crippen LogP contribution in [0.15, 0.2) is 65.3 Å². The van der Waals surface area contributed by atoms with Gasteiger partial charge in [0, 0.05) is 17.7 Å². The monoisotopic (exact) mass is 404 g/mol. The number of hydrogen-bond acceptors (Lipinski definition) is 4. The molecule has 0 aliphatic carbocycles. The minimum Gasteiger partial charge on any atom is -0.489 e. The lowest BCUT2D eigenvalue weighted by atomic mass is 9.93. The molecule has 1 aliphatic heterocycles. The maximum atomic E-state index is 13.7. The Morgan fingerprint density at radius 3 is 2.43 bits per heavy atom. The minimum absolute atomic E-state index is 0.0147. The first-order valence-electron chi connectivity index (χ1n) is 9.61. The summed E-state index contributed by atoms with van der Waals surface area (Å²) in [6, 6.07) is 15.3. The molecule has 152 valence electrons. The van der Waals surface area contributed by atoms with Crippen LogP contribution in [0.4, 0.5) is 4.39 Å². The highest BCUT2D eigenvalue weighted by atomic mass is 19.1. The van der Waals surface area contributed by atoms with Crippen molar-refractivity contribution in [1.82, 2.24) is 4.90 Å². The molecule has 0 atom stereocenters. The molecule has 2 amide bonds. The summed E-state index contributed by atoms with van der Waals surface area (Å²) in [6.07, 6.45) is 2.27. The molecule has 2 aromatic rings. The van der Waals surface area contributed by atoms with Gasteiger partial charge in [0.25, 0.3) is 11.8 Å². The molecular weight excluding hydrogens is 383 g/mol. The van der Waals surface area contributed by atoms with Gasteiger partial charge in [0.2, 0.25) is 0 Å². The van der Waals surface area contributed by atoms with E-state index in [-0.39, 0.29) is 24.5 Å². The van der Waals surface area contributed by atoms with Crippen molar-refractivity contribution in [3.8, 4) is 11.8 Å². The Labute approximate surface area is 174 Å². The number of halogens is 1. The van der Waals surface area contributed by atoms with E-state index in [0.717, 1.165) is 10.5 Å². The summed E-state index contributed by atoms with van der Waals surface area (Å²) in [5, 5.41) is 9.36. The van der Waals surface area contributed by atoms with Crippen LogP contribution in [-0.4, -0.2) is 23.3 Å². The van der Waals surface area contributed by atoms with Gasteiger partial charge in [0.1, 0.15) is 29.8 Å². The molecule has 0 saturated heterocycles. The second-order valence-corrected chi connectivity index (χ2v) is 6.88. The van der Waals surface area contributed by atoms with Crippen molar-refractivity contribution in [2.24, 2.45) is 0 Å². The van der Waals surface area contributed by atoms with Gasteiger partial charge in [-0.05, 0) is 48.8 Å². The second kappa shape index (κ2) is 9.19. The van der Waals surface area contributed by atoms with E-state index in [1.54, 1.807) is 55.5 Å². The highest BCUT2D eigenvalue weighted by Gasteiger charge is 2.34. The van der Waals surface area contributed by atoms with E-state index in [4.69, 9.17) is 4.74 Å². The van der Waals surface area contributed by atoms with Crippen molar-refractivity contribution in [3.05, 3.63) is 82.2 Å². The van der Waals surface area contributed by atoms with Gasteiger partial charge in [0.05, 0.1) is 0 Å². The molecular formula is C24H21FN2O3.